The van der Waals surface area contributed by atoms with Gasteiger partial charge in [-0.3, -0.25) is 20.2 Å². The van der Waals surface area contributed by atoms with Gasteiger partial charge in [0.25, 0.3) is 0 Å². The quantitative estimate of drug-likeness (QED) is 0.178. The van der Waals surface area contributed by atoms with Gasteiger partial charge in [0.15, 0.2) is 0 Å². The zero-order chi connectivity index (χ0) is 26.0. The first-order valence-electron chi connectivity index (χ1n) is 9.59. The molecule has 3 aromatic heterocycles. The molecule has 0 radical (unpaired) electrons. The van der Waals surface area contributed by atoms with Gasteiger partial charge in [0.1, 0.15) is 21.4 Å². The van der Waals surface area contributed by atoms with Crippen LogP contribution in [0.4, 0.5) is 11.8 Å². The van der Waals surface area contributed by atoms with Gasteiger partial charge in [-0.25, -0.2) is 4.79 Å². The summed E-state index contributed by atoms with van der Waals surface area (Å²) in [6.07, 6.45) is 5.65. The summed E-state index contributed by atoms with van der Waals surface area (Å²) in [4.78, 5) is 36.5. The summed E-state index contributed by atoms with van der Waals surface area (Å²) in [5, 5.41) is 28.4. The van der Waals surface area contributed by atoms with Gasteiger partial charge in [-0.2, -0.15) is 4.98 Å². The van der Waals surface area contributed by atoms with Crippen LogP contribution in [0.15, 0.2) is 66.3 Å². The first kappa shape index (κ1) is 29.0. The molecule has 0 spiro atoms. The predicted octanol–water partition coefficient (Wildman–Crippen LogP) is 2.85. The minimum atomic E-state index is -0.671. The van der Waals surface area contributed by atoms with Crippen molar-refractivity contribution >= 4 is 48.0 Å². The molecule has 36 heavy (non-hydrogen) atoms. The van der Waals surface area contributed by atoms with Gasteiger partial charge in [0, 0.05) is 11.4 Å². The fraction of sp³-hybridized carbons (Fsp3) is 0.100. The van der Waals surface area contributed by atoms with E-state index in [2.05, 4.69) is 20.2 Å². The Morgan fingerprint density at radius 2 is 1.47 bits per heavy atom. The van der Waals surface area contributed by atoms with Crippen molar-refractivity contribution in [2.24, 2.45) is 21.7 Å². The second-order valence-electron chi connectivity index (χ2n) is 6.59. The summed E-state index contributed by atoms with van der Waals surface area (Å²) >= 11 is 0. The standard InChI is InChI=1S/C14H12N6O6.C6H8N2O.ClH/c15-14(16)18-17-9(1-3-10-5-7-12(25-10)19(21)22)2-4-11-6-8-13(26-11)20(23)24;1-4-3-5(2)8-6(9)7-4;/h1-8H,(H4,15,16,18);3H,1-2H3,(H,7,8,9);1H/b3-1+,4-2+;;. The molecule has 0 unspecified atom stereocenters. The summed E-state index contributed by atoms with van der Waals surface area (Å²) in [5.74, 6) is -0.699. The summed E-state index contributed by atoms with van der Waals surface area (Å²) in [6, 6.07) is 7.01. The van der Waals surface area contributed by atoms with Gasteiger partial charge in [-0.15, -0.1) is 22.6 Å². The summed E-state index contributed by atoms with van der Waals surface area (Å²) in [5.41, 5.74) is 12.0. The van der Waals surface area contributed by atoms with Crippen molar-refractivity contribution in [3.63, 3.8) is 0 Å². The average Bonchev–Trinajstić information content (AvgIpc) is 3.42. The van der Waals surface area contributed by atoms with Gasteiger partial charge in [-0.1, -0.05) is 0 Å². The van der Waals surface area contributed by atoms with Crippen molar-refractivity contribution in [2.75, 3.05) is 0 Å². The Balaban J connectivity index is 0.000000546. The first-order chi connectivity index (χ1) is 16.5. The summed E-state index contributed by atoms with van der Waals surface area (Å²) in [7, 11) is 0. The molecule has 0 aromatic carbocycles. The lowest BCUT2D eigenvalue weighted by molar-refractivity contribution is -0.402. The number of aryl methyl sites for hydroxylation is 2. The fourth-order valence-electron chi connectivity index (χ4n) is 2.37. The van der Waals surface area contributed by atoms with E-state index in [0.29, 0.717) is 0 Å². The molecule has 0 aliphatic rings. The third kappa shape index (κ3) is 9.84. The van der Waals surface area contributed by atoms with E-state index in [-0.39, 0.29) is 41.3 Å². The Kier molecular flexibility index (Phi) is 11.0. The maximum Gasteiger partial charge on any atom is 0.433 e. The number of hydrogen-bond acceptors (Lipinski definition) is 10. The van der Waals surface area contributed by atoms with Crippen LogP contribution in [-0.2, 0) is 0 Å². The first-order valence-corrected chi connectivity index (χ1v) is 9.59. The number of guanidine groups is 1. The number of rotatable bonds is 7. The highest BCUT2D eigenvalue weighted by Gasteiger charge is 2.11. The maximum absolute atomic E-state index is 10.6. The van der Waals surface area contributed by atoms with Crippen molar-refractivity contribution in [1.82, 2.24) is 9.97 Å². The maximum atomic E-state index is 10.6. The normalized spacial score (nSPS) is 10.3. The molecule has 0 atom stereocenters. The zero-order valence-electron chi connectivity index (χ0n) is 18.9. The lowest BCUT2D eigenvalue weighted by atomic mass is 10.2. The second-order valence-corrected chi connectivity index (χ2v) is 6.59. The highest BCUT2D eigenvalue weighted by atomic mass is 35.5. The number of nitro groups is 2. The predicted molar refractivity (Wildman–Crippen MR) is 134 cm³/mol. The fourth-order valence-corrected chi connectivity index (χ4v) is 2.37. The molecule has 3 aromatic rings. The van der Waals surface area contributed by atoms with Crippen molar-refractivity contribution < 1.29 is 18.7 Å². The molecule has 3 rings (SSSR count). The van der Waals surface area contributed by atoms with Gasteiger partial charge in [0.05, 0.1) is 17.8 Å². The highest BCUT2D eigenvalue weighted by molar-refractivity contribution is 6.08. The minimum absolute atomic E-state index is 0. The number of allylic oxidation sites excluding steroid dienone is 2. The molecule has 3 heterocycles. The monoisotopic (exact) mass is 520 g/mol. The Hall–Kier alpha value is -5.05. The van der Waals surface area contributed by atoms with Gasteiger partial charge in [0.2, 0.25) is 5.96 Å². The average molecular weight is 521 g/mol. The van der Waals surface area contributed by atoms with Crippen molar-refractivity contribution in [1.29, 1.82) is 0 Å². The smallest absolute Gasteiger partial charge is 0.401 e. The van der Waals surface area contributed by atoms with E-state index in [4.69, 9.17) is 20.3 Å². The van der Waals surface area contributed by atoms with E-state index in [0.717, 1.165) is 11.4 Å². The number of nitrogens with zero attached hydrogens (tertiary/aromatic N) is 5. The largest absolute Gasteiger partial charge is 0.433 e. The molecule has 190 valence electrons. The lowest BCUT2D eigenvalue weighted by Gasteiger charge is -1.91. The molecule has 0 saturated carbocycles. The van der Waals surface area contributed by atoms with E-state index in [1.807, 2.05) is 13.0 Å². The minimum Gasteiger partial charge on any atom is -0.401 e. The number of nitrogens with two attached hydrogens (primary N) is 2. The van der Waals surface area contributed by atoms with E-state index < -0.39 is 21.6 Å². The summed E-state index contributed by atoms with van der Waals surface area (Å²) < 4.78 is 9.94. The molecular weight excluding hydrogens is 500 g/mol. The number of furan rings is 2. The molecular formula is C20H21ClN8O7. The van der Waals surface area contributed by atoms with Crippen LogP contribution in [-0.4, -0.2) is 31.5 Å². The topological polar surface area (TPSA) is 235 Å². The van der Waals surface area contributed by atoms with Crippen LogP contribution < -0.4 is 17.2 Å². The Bertz CT molecular complexity index is 1290. The Morgan fingerprint density at radius 3 is 1.83 bits per heavy atom. The molecule has 5 N–H and O–H groups in total. The molecule has 0 aliphatic carbocycles. The number of aromatic amines is 1. The van der Waals surface area contributed by atoms with Crippen molar-refractivity contribution in [3.8, 4) is 0 Å². The molecule has 0 aliphatic heterocycles. The van der Waals surface area contributed by atoms with Crippen molar-refractivity contribution in [2.45, 2.75) is 13.8 Å². The van der Waals surface area contributed by atoms with Crippen LogP contribution in [0.5, 0.6) is 0 Å². The second kappa shape index (κ2) is 13.6. The van der Waals surface area contributed by atoms with Crippen LogP contribution in [0.1, 0.15) is 22.9 Å². The number of aromatic nitrogens is 2. The third-order valence-corrected chi connectivity index (χ3v) is 3.71. The Morgan fingerprint density at radius 1 is 0.972 bits per heavy atom. The van der Waals surface area contributed by atoms with Crippen molar-refractivity contribution in [3.05, 3.63) is 96.1 Å². The van der Waals surface area contributed by atoms with Gasteiger partial charge >= 0.3 is 17.5 Å². The molecule has 16 heteroatoms. The molecule has 0 bridgehead atoms. The number of hydrogen-bond donors (Lipinski definition) is 3. The van der Waals surface area contributed by atoms with E-state index in [1.54, 1.807) is 6.92 Å². The van der Waals surface area contributed by atoms with Crippen LogP contribution in [0, 0.1) is 34.1 Å². The van der Waals surface area contributed by atoms with E-state index in [1.165, 1.54) is 48.6 Å². The van der Waals surface area contributed by atoms with E-state index >= 15 is 0 Å². The van der Waals surface area contributed by atoms with Gasteiger partial charge < -0.3 is 25.3 Å². The van der Waals surface area contributed by atoms with Gasteiger partial charge in [-0.05, 0) is 56.4 Å². The zero-order valence-corrected chi connectivity index (χ0v) is 19.7. The SMILES string of the molecule is Cc1cc(C)[nH]c(=O)n1.Cl.NC(N)=NN=C(/C=C/c1ccc([N+](=O)[O-])o1)/C=C/c1ccc([N+](=O)[O-])o1. The highest BCUT2D eigenvalue weighted by Crippen LogP contribution is 2.18. The van der Waals surface area contributed by atoms with Crippen LogP contribution in [0.2, 0.25) is 0 Å². The van der Waals surface area contributed by atoms with Crippen LogP contribution >= 0.6 is 12.4 Å². The third-order valence-electron chi connectivity index (χ3n) is 3.71. The van der Waals surface area contributed by atoms with Crippen LogP contribution in [0.3, 0.4) is 0 Å². The number of nitrogens with one attached hydrogen (secondary N) is 1. The number of H-pyrrole nitrogens is 1. The molecule has 15 nitrogen and oxygen atoms in total. The molecule has 0 amide bonds. The van der Waals surface area contributed by atoms with E-state index in [9.17, 15) is 25.0 Å². The Labute approximate surface area is 208 Å². The molecule has 0 fully saturated rings. The lowest BCUT2D eigenvalue weighted by Crippen LogP contribution is -2.22. The number of halogens is 1. The summed E-state index contributed by atoms with van der Waals surface area (Å²) in [6.45, 7) is 3.62. The van der Waals surface area contributed by atoms with Crippen LogP contribution in [0.25, 0.3) is 12.2 Å². The molecule has 0 saturated heterocycles.